The number of aromatic nitrogens is 2. The number of carbonyl (C=O) groups is 2. The lowest BCUT2D eigenvalue weighted by Gasteiger charge is -2.30. The van der Waals surface area contributed by atoms with Crippen LogP contribution in [0.4, 0.5) is 13.2 Å². The van der Waals surface area contributed by atoms with Gasteiger partial charge < -0.3 is 19.0 Å². The summed E-state index contributed by atoms with van der Waals surface area (Å²) >= 11 is 0. The van der Waals surface area contributed by atoms with Gasteiger partial charge in [-0.1, -0.05) is 63.2 Å². The highest BCUT2D eigenvalue weighted by molar-refractivity contribution is 5.97. The van der Waals surface area contributed by atoms with E-state index in [-0.39, 0.29) is 29.0 Å². The normalized spacial score (nSPS) is 12.5. The van der Waals surface area contributed by atoms with Gasteiger partial charge in [-0.3, -0.25) is 10.2 Å². The molecule has 0 bridgehead atoms. The number of ether oxygens (including phenoxy) is 1. The number of benzene rings is 3. The molecule has 0 saturated carbocycles. The lowest BCUT2D eigenvalue weighted by Crippen LogP contribution is -2.34. The van der Waals surface area contributed by atoms with Crippen LogP contribution in [0.3, 0.4) is 0 Å². The van der Waals surface area contributed by atoms with E-state index in [1.165, 1.54) is 26.0 Å². The monoisotopic (exact) mass is 567 g/mol. The molecule has 0 radical (unpaired) electrons. The van der Waals surface area contributed by atoms with Crippen molar-refractivity contribution in [3.05, 3.63) is 94.6 Å². The van der Waals surface area contributed by atoms with Crippen LogP contribution >= 0.6 is 0 Å². The summed E-state index contributed by atoms with van der Waals surface area (Å²) in [5, 5.41) is 20.0. The van der Waals surface area contributed by atoms with Crippen LogP contribution in [0.15, 0.2) is 66.7 Å². The standard InChI is InChI=1S/C31H32F3N3O4/c1-29(2,3)21-15-20(16-22(26(21)39)30(4,5)41-27(40)31(32,33)34)25(38)18-37-24-14-10-9-13-23(24)36(28(37)35)17-19-11-7-6-8-12-19/h6-16,35,39H,17-18H2,1-5H3. The molecule has 2 N–H and O–H groups in total. The maximum Gasteiger partial charge on any atom is 0.490 e. The number of rotatable bonds is 7. The van der Waals surface area contributed by atoms with Crippen molar-refractivity contribution in [3.8, 4) is 5.75 Å². The third-order valence-corrected chi connectivity index (χ3v) is 6.93. The molecular weight excluding hydrogens is 535 g/mol. The summed E-state index contributed by atoms with van der Waals surface area (Å²) in [5.41, 5.74) is 0.154. The highest BCUT2D eigenvalue weighted by Crippen LogP contribution is 2.41. The maximum atomic E-state index is 13.7. The van der Waals surface area contributed by atoms with Gasteiger partial charge in [0.25, 0.3) is 0 Å². The number of nitrogens with zero attached hydrogens (tertiary/aromatic N) is 2. The highest BCUT2D eigenvalue weighted by Gasteiger charge is 2.45. The summed E-state index contributed by atoms with van der Waals surface area (Å²) in [7, 11) is 0. The molecule has 0 aliphatic rings. The molecule has 1 heterocycles. The number of para-hydroxylation sites is 2. The Bertz CT molecular complexity index is 1680. The number of esters is 1. The van der Waals surface area contributed by atoms with Crippen molar-refractivity contribution in [1.82, 2.24) is 9.13 Å². The Balaban J connectivity index is 1.79. The molecule has 0 aliphatic heterocycles. The van der Waals surface area contributed by atoms with Crippen LogP contribution < -0.4 is 5.62 Å². The van der Waals surface area contributed by atoms with E-state index in [2.05, 4.69) is 0 Å². The molecule has 0 spiro atoms. The van der Waals surface area contributed by atoms with Gasteiger partial charge in [0.05, 0.1) is 24.1 Å². The number of hydrogen-bond donors (Lipinski definition) is 2. The number of aromatic hydroxyl groups is 1. The number of phenols is 1. The molecule has 41 heavy (non-hydrogen) atoms. The number of ketones is 1. The van der Waals surface area contributed by atoms with E-state index >= 15 is 0 Å². The van der Waals surface area contributed by atoms with Gasteiger partial charge in [-0.15, -0.1) is 0 Å². The van der Waals surface area contributed by atoms with Gasteiger partial charge in [0.1, 0.15) is 11.4 Å². The van der Waals surface area contributed by atoms with Crippen LogP contribution in [-0.4, -0.2) is 32.2 Å². The minimum atomic E-state index is -5.23. The molecule has 4 rings (SSSR count). The molecule has 0 atom stereocenters. The summed E-state index contributed by atoms with van der Waals surface area (Å²) in [4.78, 5) is 25.4. The van der Waals surface area contributed by atoms with Gasteiger partial charge in [0.2, 0.25) is 5.62 Å². The van der Waals surface area contributed by atoms with E-state index in [0.717, 1.165) is 11.1 Å². The summed E-state index contributed by atoms with van der Waals surface area (Å²) in [6, 6.07) is 19.7. The predicted octanol–water partition coefficient (Wildman–Crippen LogP) is 6.20. The molecular formula is C31H32F3N3O4. The number of carbonyl (C=O) groups excluding carboxylic acids is 2. The zero-order chi connectivity index (χ0) is 30.3. The van der Waals surface area contributed by atoms with E-state index in [4.69, 9.17) is 10.1 Å². The Labute approximate surface area is 235 Å². The molecule has 4 aromatic rings. The molecule has 3 aromatic carbocycles. The quantitative estimate of drug-likeness (QED) is 0.205. The maximum absolute atomic E-state index is 13.7. The largest absolute Gasteiger partial charge is 0.507 e. The minimum Gasteiger partial charge on any atom is -0.507 e. The van der Waals surface area contributed by atoms with E-state index in [1.54, 1.807) is 29.9 Å². The van der Waals surface area contributed by atoms with Crippen molar-refractivity contribution < 1.29 is 32.6 Å². The zero-order valence-electron chi connectivity index (χ0n) is 23.5. The van der Waals surface area contributed by atoms with Crippen LogP contribution in [0, 0.1) is 5.41 Å². The van der Waals surface area contributed by atoms with Gasteiger partial charge in [-0.2, -0.15) is 13.2 Å². The van der Waals surface area contributed by atoms with E-state index in [0.29, 0.717) is 17.6 Å². The SMILES string of the molecule is CC(C)(C)c1cc(C(=O)Cn2c(=N)n(Cc3ccccc3)c3ccccc32)cc(C(C)(C)OC(=O)C(F)(F)F)c1O. The summed E-state index contributed by atoms with van der Waals surface area (Å²) < 4.78 is 47.1. The first-order chi connectivity index (χ1) is 19.0. The molecule has 1 aromatic heterocycles. The van der Waals surface area contributed by atoms with Crippen molar-refractivity contribution in [2.45, 2.75) is 64.9 Å². The van der Waals surface area contributed by atoms with Gasteiger partial charge in [0, 0.05) is 16.7 Å². The molecule has 0 saturated heterocycles. The van der Waals surface area contributed by atoms with Gasteiger partial charge in [0.15, 0.2) is 5.78 Å². The second kappa shape index (κ2) is 10.6. The average molecular weight is 568 g/mol. The van der Waals surface area contributed by atoms with Crippen molar-refractivity contribution >= 4 is 22.8 Å². The van der Waals surface area contributed by atoms with Crippen LogP contribution in [0.1, 0.15) is 61.7 Å². The molecule has 216 valence electrons. The van der Waals surface area contributed by atoms with Crippen molar-refractivity contribution in [1.29, 1.82) is 5.41 Å². The second-order valence-corrected chi connectivity index (χ2v) is 11.5. The van der Waals surface area contributed by atoms with Crippen molar-refractivity contribution in [2.24, 2.45) is 0 Å². The molecule has 0 unspecified atom stereocenters. The number of nitrogens with one attached hydrogen (secondary N) is 1. The topological polar surface area (TPSA) is 97.3 Å². The number of halogens is 3. The third kappa shape index (κ3) is 6.06. The zero-order valence-corrected chi connectivity index (χ0v) is 23.5. The van der Waals surface area contributed by atoms with Crippen LogP contribution in [0.2, 0.25) is 0 Å². The smallest absolute Gasteiger partial charge is 0.490 e. The first kappa shape index (κ1) is 29.6. The number of hydrogen-bond acceptors (Lipinski definition) is 5. The number of fused-ring (bicyclic) bond motifs is 1. The van der Waals surface area contributed by atoms with Crippen molar-refractivity contribution in [3.63, 3.8) is 0 Å². The Hall–Kier alpha value is -4.34. The Morgan fingerprint density at radius 1 is 0.854 bits per heavy atom. The van der Waals surface area contributed by atoms with Crippen LogP contribution in [0.5, 0.6) is 5.75 Å². The Morgan fingerprint density at radius 2 is 1.39 bits per heavy atom. The fourth-order valence-electron chi connectivity index (χ4n) is 4.79. The van der Waals surface area contributed by atoms with E-state index < -0.39 is 28.9 Å². The fraction of sp³-hybridized carbons (Fsp3) is 0.323. The van der Waals surface area contributed by atoms with Gasteiger partial charge in [-0.25, -0.2) is 4.79 Å². The Kier molecular flexibility index (Phi) is 7.64. The number of Topliss-reactive ketones (excluding diaryl/α,β-unsaturated/α-hetero) is 1. The number of alkyl halides is 3. The molecule has 0 amide bonds. The van der Waals surface area contributed by atoms with Crippen LogP contribution in [-0.2, 0) is 33.6 Å². The van der Waals surface area contributed by atoms with Gasteiger partial charge in [-0.05, 0) is 49.1 Å². The average Bonchev–Trinajstić information content (AvgIpc) is 3.13. The molecule has 0 aliphatic carbocycles. The fourth-order valence-corrected chi connectivity index (χ4v) is 4.79. The van der Waals surface area contributed by atoms with E-state index in [9.17, 15) is 27.9 Å². The molecule has 0 fully saturated rings. The third-order valence-electron chi connectivity index (χ3n) is 6.93. The first-order valence-corrected chi connectivity index (χ1v) is 13.0. The minimum absolute atomic E-state index is 0.0953. The molecule has 10 heteroatoms. The number of phenolic OH excluding ortho intramolecular Hbond substituents is 1. The van der Waals surface area contributed by atoms with E-state index in [1.807, 2.05) is 54.6 Å². The van der Waals surface area contributed by atoms with Gasteiger partial charge >= 0.3 is 12.1 Å². The highest BCUT2D eigenvalue weighted by atomic mass is 19.4. The van der Waals surface area contributed by atoms with Crippen molar-refractivity contribution in [2.75, 3.05) is 0 Å². The second-order valence-electron chi connectivity index (χ2n) is 11.5. The van der Waals surface area contributed by atoms with Crippen LogP contribution in [0.25, 0.3) is 11.0 Å². The lowest BCUT2D eigenvalue weighted by molar-refractivity contribution is -0.212. The first-order valence-electron chi connectivity index (χ1n) is 13.0. The Morgan fingerprint density at radius 3 is 1.95 bits per heavy atom. The molecule has 7 nitrogen and oxygen atoms in total. The summed E-state index contributed by atoms with van der Waals surface area (Å²) in [6.45, 7) is 7.96. The lowest BCUT2D eigenvalue weighted by atomic mass is 9.81. The number of imidazole rings is 1. The summed E-state index contributed by atoms with van der Waals surface area (Å²) in [6.07, 6.45) is -5.23. The predicted molar refractivity (Wildman–Crippen MR) is 148 cm³/mol. The summed E-state index contributed by atoms with van der Waals surface area (Å²) in [5.74, 6) is -3.20.